The Kier molecular flexibility index (Phi) is 7.77. The molecule has 0 spiro atoms. The molecule has 5 nitrogen and oxygen atoms in total. The van der Waals surface area contributed by atoms with E-state index in [4.69, 9.17) is 10.3 Å². The molecule has 0 aliphatic rings. The number of carbonyl (C=O) groups excluding carboxylic acids is 1. The van der Waals surface area contributed by atoms with E-state index in [9.17, 15) is 13.2 Å². The number of hydrogen-bond acceptors (Lipinski definition) is 3. The van der Waals surface area contributed by atoms with Crippen LogP contribution in [0.4, 0.5) is 0 Å². The third-order valence-electron chi connectivity index (χ3n) is 1.60. The Hall–Kier alpha value is 0.120. The van der Waals surface area contributed by atoms with Crippen molar-refractivity contribution in [1.82, 2.24) is 0 Å². The predicted octanol–water partition coefficient (Wildman–Crippen LogP) is -2.59. The molecule has 0 aromatic heterocycles. The molecule has 0 bridgehead atoms. The third kappa shape index (κ3) is 5.77. The molecule has 0 aromatic rings. The maximum atomic E-state index is 10.6. The number of primary amides is 1. The van der Waals surface area contributed by atoms with Crippen molar-refractivity contribution < 1.29 is 48.7 Å². The van der Waals surface area contributed by atoms with Gasteiger partial charge in [-0.3, -0.25) is 9.35 Å². The van der Waals surface area contributed by atoms with E-state index < -0.39 is 20.9 Å². The first-order valence-corrected chi connectivity index (χ1v) is 5.22. The van der Waals surface area contributed by atoms with Crippen molar-refractivity contribution in [3.8, 4) is 0 Å². The average molecular weight is 231 g/mol. The molecule has 3 N–H and O–H groups in total. The fourth-order valence-electron chi connectivity index (χ4n) is 0.672. The molecule has 14 heavy (non-hydrogen) atoms. The number of amides is 1. The second kappa shape index (κ2) is 6.58. The summed E-state index contributed by atoms with van der Waals surface area (Å²) in [5.74, 6) is -1.26. The molecule has 0 heterocycles. The van der Waals surface area contributed by atoms with E-state index in [1.165, 1.54) is 0 Å². The first-order valence-electron chi connectivity index (χ1n) is 3.78. The van der Waals surface area contributed by atoms with Gasteiger partial charge in [0.05, 0.1) is 0 Å². The fraction of sp³-hybridized carbons (Fsp3) is 0.571. The van der Waals surface area contributed by atoms with Gasteiger partial charge < -0.3 is 7.16 Å². The largest absolute Gasteiger partial charge is 1.00 e. The van der Waals surface area contributed by atoms with Crippen LogP contribution in [0.1, 0.15) is 21.7 Å². The summed E-state index contributed by atoms with van der Waals surface area (Å²) in [6.07, 6.45) is 1.81. The van der Waals surface area contributed by atoms with E-state index in [0.717, 1.165) is 6.08 Å². The van der Waals surface area contributed by atoms with Gasteiger partial charge in [0.1, 0.15) is 0 Å². The molecule has 0 aliphatic heterocycles. The topological polar surface area (TPSA) is 97.5 Å². The van der Waals surface area contributed by atoms with Crippen LogP contribution < -0.4 is 35.3 Å². The van der Waals surface area contributed by atoms with Gasteiger partial charge in [-0.15, -0.1) is 0 Å². The molecule has 0 rings (SSSR count). The maximum Gasteiger partial charge on any atom is 1.00 e. The fourth-order valence-corrected chi connectivity index (χ4v) is 1.33. The molecule has 1 unspecified atom stereocenters. The van der Waals surface area contributed by atoms with Gasteiger partial charge in [-0.05, 0) is 5.92 Å². The quantitative estimate of drug-likeness (QED) is 0.315. The summed E-state index contributed by atoms with van der Waals surface area (Å²) in [5.41, 5.74) is 4.78. The Morgan fingerprint density at radius 3 is 2.29 bits per heavy atom. The van der Waals surface area contributed by atoms with Crippen LogP contribution in [0.5, 0.6) is 0 Å². The molecule has 78 valence electrons. The number of allylic oxidation sites excluding steroid dienone is 1. The first-order chi connectivity index (χ1) is 5.79. The standard InChI is InChI=1S/C7H13NO4S.Na.H/c1-3-5(2)4-6(7(8)9)13(10,11)12;;/h4-5H,3H2,1-2H3,(H2,8,9)(H,10,11,12);;/q;+1;-1/b6-4+;;. The van der Waals surface area contributed by atoms with Gasteiger partial charge in [-0.2, -0.15) is 8.42 Å². The zero-order chi connectivity index (χ0) is 10.6. The summed E-state index contributed by atoms with van der Waals surface area (Å²) in [6, 6.07) is 0. The van der Waals surface area contributed by atoms with Crippen LogP contribution in [0.2, 0.25) is 0 Å². The predicted molar refractivity (Wildman–Crippen MR) is 49.4 cm³/mol. The minimum Gasteiger partial charge on any atom is -1.00 e. The molecular formula is C7H14NNaO4S. The summed E-state index contributed by atoms with van der Waals surface area (Å²) in [4.78, 5) is 9.88. The van der Waals surface area contributed by atoms with E-state index >= 15 is 0 Å². The number of nitrogens with two attached hydrogens (primary N) is 1. The third-order valence-corrected chi connectivity index (χ3v) is 2.49. The van der Waals surface area contributed by atoms with E-state index in [2.05, 4.69) is 0 Å². The smallest absolute Gasteiger partial charge is 1.00 e. The van der Waals surface area contributed by atoms with Gasteiger partial charge in [-0.25, -0.2) is 0 Å². The van der Waals surface area contributed by atoms with Crippen LogP contribution in [-0.4, -0.2) is 18.9 Å². The zero-order valence-electron chi connectivity index (χ0n) is 9.52. The molecule has 0 saturated carbocycles. The normalized spacial score (nSPS) is 14.4. The van der Waals surface area contributed by atoms with Crippen LogP contribution in [0, 0.1) is 5.92 Å². The van der Waals surface area contributed by atoms with Crippen molar-refractivity contribution in [3.63, 3.8) is 0 Å². The van der Waals surface area contributed by atoms with Crippen molar-refractivity contribution in [3.05, 3.63) is 11.0 Å². The molecule has 1 amide bonds. The summed E-state index contributed by atoms with van der Waals surface area (Å²) < 4.78 is 29.8. The van der Waals surface area contributed by atoms with Crippen molar-refractivity contribution in [2.24, 2.45) is 11.7 Å². The minimum absolute atomic E-state index is 0. The van der Waals surface area contributed by atoms with Gasteiger partial charge in [0.25, 0.3) is 16.0 Å². The van der Waals surface area contributed by atoms with Gasteiger partial charge in [0.15, 0.2) is 4.91 Å². The maximum absolute atomic E-state index is 10.6. The Morgan fingerprint density at radius 2 is 2.07 bits per heavy atom. The molecular weight excluding hydrogens is 217 g/mol. The van der Waals surface area contributed by atoms with E-state index in [1.807, 2.05) is 6.92 Å². The van der Waals surface area contributed by atoms with Crippen molar-refractivity contribution in [2.75, 3.05) is 0 Å². The minimum atomic E-state index is -4.48. The van der Waals surface area contributed by atoms with Crippen LogP contribution in [0.3, 0.4) is 0 Å². The van der Waals surface area contributed by atoms with Crippen molar-refractivity contribution in [2.45, 2.75) is 20.3 Å². The Morgan fingerprint density at radius 1 is 1.64 bits per heavy atom. The second-order valence-electron chi connectivity index (χ2n) is 2.76. The Balaban J connectivity index is -0.000000720. The first kappa shape index (κ1) is 16.5. The number of carbonyl (C=O) groups is 1. The summed E-state index contributed by atoms with van der Waals surface area (Å²) in [6.45, 7) is 3.54. The molecule has 0 radical (unpaired) electrons. The molecule has 7 heteroatoms. The second-order valence-corrected chi connectivity index (χ2v) is 4.15. The van der Waals surface area contributed by atoms with Gasteiger partial charge in [0.2, 0.25) is 0 Å². The molecule has 0 saturated heterocycles. The molecule has 0 fully saturated rings. The van der Waals surface area contributed by atoms with Crippen LogP contribution in [0.25, 0.3) is 0 Å². The summed E-state index contributed by atoms with van der Waals surface area (Å²) in [7, 11) is -4.48. The van der Waals surface area contributed by atoms with Crippen LogP contribution in [0.15, 0.2) is 11.0 Å². The summed E-state index contributed by atoms with van der Waals surface area (Å²) >= 11 is 0. The van der Waals surface area contributed by atoms with Crippen molar-refractivity contribution >= 4 is 16.0 Å². The van der Waals surface area contributed by atoms with Gasteiger partial charge in [-0.1, -0.05) is 26.3 Å². The van der Waals surface area contributed by atoms with Crippen molar-refractivity contribution in [1.29, 1.82) is 0 Å². The SMILES string of the molecule is CCC(C)/C=C(\C(N)=O)S(=O)(=O)O.[H-].[Na+]. The average Bonchev–Trinajstić information content (AvgIpc) is 1.96. The zero-order valence-corrected chi connectivity index (χ0v) is 11.3. The number of rotatable bonds is 4. The van der Waals surface area contributed by atoms with E-state index in [-0.39, 0.29) is 36.9 Å². The van der Waals surface area contributed by atoms with Crippen LogP contribution >= 0.6 is 0 Å². The monoisotopic (exact) mass is 231 g/mol. The molecule has 0 aromatic carbocycles. The Labute approximate surface area is 107 Å². The van der Waals surface area contributed by atoms with Gasteiger partial charge >= 0.3 is 29.6 Å². The van der Waals surface area contributed by atoms with Crippen LogP contribution in [-0.2, 0) is 14.9 Å². The molecule has 0 aliphatic carbocycles. The Bertz CT molecular complexity index is 328. The van der Waals surface area contributed by atoms with E-state index in [0.29, 0.717) is 6.42 Å². The van der Waals surface area contributed by atoms with E-state index in [1.54, 1.807) is 6.92 Å². The number of hydrogen-bond donors (Lipinski definition) is 2. The molecule has 1 atom stereocenters. The van der Waals surface area contributed by atoms with Gasteiger partial charge in [0, 0.05) is 0 Å². The summed E-state index contributed by atoms with van der Waals surface area (Å²) in [5, 5.41) is 0.